The van der Waals surface area contributed by atoms with E-state index in [0.29, 0.717) is 17.8 Å². The lowest BCUT2D eigenvalue weighted by Crippen LogP contribution is -2.42. The average Bonchev–Trinajstić information content (AvgIpc) is 2.68. The van der Waals surface area contributed by atoms with Crippen LogP contribution >= 0.6 is 0 Å². The Labute approximate surface area is 184 Å². The number of ketones is 1. The van der Waals surface area contributed by atoms with Crippen molar-refractivity contribution in [3.05, 3.63) is 87.4 Å². The predicted molar refractivity (Wildman–Crippen MR) is 124 cm³/mol. The molecule has 0 saturated heterocycles. The summed E-state index contributed by atoms with van der Waals surface area (Å²) in [5.74, 6) is 0.0999. The minimum absolute atomic E-state index is 0.107. The van der Waals surface area contributed by atoms with Crippen LogP contribution in [0.2, 0.25) is 0 Å². The number of allylic oxidation sites excluding steroid dienone is 3. The van der Waals surface area contributed by atoms with Gasteiger partial charge < -0.3 is 5.73 Å². The van der Waals surface area contributed by atoms with Gasteiger partial charge in [0.1, 0.15) is 5.82 Å². The van der Waals surface area contributed by atoms with Crippen LogP contribution in [0, 0.1) is 37.5 Å². The number of rotatable bonds is 2. The Kier molecular flexibility index (Phi) is 5.01. The van der Waals surface area contributed by atoms with Gasteiger partial charge in [0.25, 0.3) is 0 Å². The molecule has 31 heavy (non-hydrogen) atoms. The lowest BCUT2D eigenvalue weighted by atomic mass is 9.68. The summed E-state index contributed by atoms with van der Waals surface area (Å²) >= 11 is 0. The molecular weight excluding hydrogens is 382 g/mol. The molecule has 0 bridgehead atoms. The van der Waals surface area contributed by atoms with Gasteiger partial charge in [-0.2, -0.15) is 5.26 Å². The smallest absolute Gasteiger partial charge is 0.162 e. The summed E-state index contributed by atoms with van der Waals surface area (Å²) in [5.41, 5.74) is 13.8. The van der Waals surface area contributed by atoms with Gasteiger partial charge in [-0.05, 0) is 61.4 Å². The van der Waals surface area contributed by atoms with Crippen LogP contribution in [0.1, 0.15) is 54.9 Å². The lowest BCUT2D eigenvalue weighted by Gasteiger charge is -2.44. The molecule has 2 aromatic rings. The zero-order valence-electron chi connectivity index (χ0n) is 18.9. The second kappa shape index (κ2) is 7.42. The molecule has 4 heteroatoms. The van der Waals surface area contributed by atoms with Crippen molar-refractivity contribution in [1.29, 1.82) is 5.26 Å². The molecule has 4 nitrogen and oxygen atoms in total. The molecule has 2 aliphatic rings. The Hall–Kier alpha value is -3.32. The second-order valence-corrected chi connectivity index (χ2v) is 9.68. The number of carbonyl (C=O) groups excluding carboxylic acids is 1. The van der Waals surface area contributed by atoms with E-state index in [1.807, 2.05) is 43.9 Å². The normalized spacial score (nSPS) is 20.6. The summed E-state index contributed by atoms with van der Waals surface area (Å²) in [7, 11) is 0. The van der Waals surface area contributed by atoms with E-state index < -0.39 is 5.92 Å². The van der Waals surface area contributed by atoms with Crippen molar-refractivity contribution in [2.45, 2.75) is 53.4 Å². The van der Waals surface area contributed by atoms with E-state index in [1.165, 1.54) is 0 Å². The van der Waals surface area contributed by atoms with Gasteiger partial charge in [-0.25, -0.2) is 0 Å². The molecule has 158 valence electrons. The number of anilines is 1. The minimum Gasteiger partial charge on any atom is -0.384 e. The number of nitrogens with two attached hydrogens (primary N) is 1. The van der Waals surface area contributed by atoms with E-state index >= 15 is 0 Å². The Morgan fingerprint density at radius 2 is 1.77 bits per heavy atom. The fourth-order valence-electron chi connectivity index (χ4n) is 4.95. The van der Waals surface area contributed by atoms with E-state index in [0.717, 1.165) is 45.6 Å². The molecule has 1 atom stereocenters. The van der Waals surface area contributed by atoms with Crippen molar-refractivity contribution in [1.82, 2.24) is 0 Å². The lowest BCUT2D eigenvalue weighted by molar-refractivity contribution is -0.118. The third-order valence-corrected chi connectivity index (χ3v) is 6.39. The topological polar surface area (TPSA) is 70.1 Å². The van der Waals surface area contributed by atoms with Gasteiger partial charge in [0.15, 0.2) is 5.78 Å². The van der Waals surface area contributed by atoms with Crippen molar-refractivity contribution in [2.24, 2.45) is 11.1 Å². The van der Waals surface area contributed by atoms with Crippen LogP contribution in [0.25, 0.3) is 0 Å². The van der Waals surface area contributed by atoms with Gasteiger partial charge in [0.05, 0.1) is 17.6 Å². The van der Waals surface area contributed by atoms with Crippen molar-refractivity contribution in [2.75, 3.05) is 4.90 Å². The summed E-state index contributed by atoms with van der Waals surface area (Å²) in [5, 5.41) is 10.2. The van der Waals surface area contributed by atoms with Crippen molar-refractivity contribution in [3.63, 3.8) is 0 Å². The summed E-state index contributed by atoms with van der Waals surface area (Å²) < 4.78 is 0. The Balaban J connectivity index is 2.04. The summed E-state index contributed by atoms with van der Waals surface area (Å²) in [6.45, 7) is 10.3. The van der Waals surface area contributed by atoms with Crippen LogP contribution in [0.15, 0.2) is 65.1 Å². The first-order valence-corrected chi connectivity index (χ1v) is 10.7. The SMILES string of the molecule is Cc1cccc(N2C(N)=C(C#N)C(c3cc(C)ccc3C)C3=C2CC(C)(C)CC3=O)c1. The maximum Gasteiger partial charge on any atom is 0.162 e. The van der Waals surface area contributed by atoms with Gasteiger partial charge in [0.2, 0.25) is 0 Å². The highest BCUT2D eigenvalue weighted by molar-refractivity contribution is 6.01. The zero-order chi connectivity index (χ0) is 22.5. The number of Topliss-reactive ketones (excluding diaryl/α,β-unsaturated/α-hetero) is 1. The van der Waals surface area contributed by atoms with E-state index in [4.69, 9.17) is 5.73 Å². The highest BCUT2D eigenvalue weighted by Gasteiger charge is 2.45. The molecule has 0 amide bonds. The maximum absolute atomic E-state index is 13.6. The molecule has 1 unspecified atom stereocenters. The van der Waals surface area contributed by atoms with E-state index in [2.05, 4.69) is 44.2 Å². The second-order valence-electron chi connectivity index (χ2n) is 9.68. The highest BCUT2D eigenvalue weighted by atomic mass is 16.1. The molecule has 0 aromatic heterocycles. The van der Waals surface area contributed by atoms with Crippen LogP contribution in [0.3, 0.4) is 0 Å². The largest absolute Gasteiger partial charge is 0.384 e. The molecule has 1 aliphatic heterocycles. The van der Waals surface area contributed by atoms with Gasteiger partial charge in [0, 0.05) is 23.4 Å². The van der Waals surface area contributed by atoms with Crippen molar-refractivity contribution < 1.29 is 4.79 Å². The fraction of sp³-hybridized carbons (Fsp3) is 0.333. The number of carbonyl (C=O) groups is 1. The molecule has 2 aromatic carbocycles. The number of benzene rings is 2. The third kappa shape index (κ3) is 3.55. The van der Waals surface area contributed by atoms with E-state index in [1.54, 1.807) is 0 Å². The van der Waals surface area contributed by atoms with Crippen LogP contribution < -0.4 is 10.6 Å². The number of nitrogens with zero attached hydrogens (tertiary/aromatic N) is 2. The summed E-state index contributed by atoms with van der Waals surface area (Å²) in [4.78, 5) is 15.5. The molecule has 0 radical (unpaired) electrons. The monoisotopic (exact) mass is 411 g/mol. The molecule has 4 rings (SSSR count). The number of aryl methyl sites for hydroxylation is 3. The first-order chi connectivity index (χ1) is 14.6. The summed E-state index contributed by atoms with van der Waals surface area (Å²) in [6.07, 6.45) is 1.19. The van der Waals surface area contributed by atoms with Crippen LogP contribution in [-0.2, 0) is 4.79 Å². The molecule has 0 saturated carbocycles. The number of nitriles is 1. The van der Waals surface area contributed by atoms with Crippen LogP contribution in [0.4, 0.5) is 5.69 Å². The molecule has 1 aliphatic carbocycles. The van der Waals surface area contributed by atoms with Gasteiger partial charge in [-0.15, -0.1) is 0 Å². The fourth-order valence-corrected chi connectivity index (χ4v) is 4.95. The first kappa shape index (κ1) is 20.9. The third-order valence-electron chi connectivity index (χ3n) is 6.39. The summed E-state index contributed by atoms with van der Waals surface area (Å²) in [6, 6.07) is 16.6. The van der Waals surface area contributed by atoms with Crippen LogP contribution in [0.5, 0.6) is 0 Å². The molecular formula is C27H29N3O. The Morgan fingerprint density at radius 1 is 1.06 bits per heavy atom. The van der Waals surface area contributed by atoms with Gasteiger partial charge >= 0.3 is 0 Å². The maximum atomic E-state index is 13.6. The first-order valence-electron chi connectivity index (χ1n) is 10.7. The number of hydrogen-bond acceptors (Lipinski definition) is 4. The van der Waals surface area contributed by atoms with E-state index in [-0.39, 0.29) is 11.2 Å². The quantitative estimate of drug-likeness (QED) is 0.703. The Bertz CT molecular complexity index is 1190. The minimum atomic E-state index is -0.426. The van der Waals surface area contributed by atoms with Gasteiger partial charge in [-0.3, -0.25) is 9.69 Å². The average molecular weight is 412 g/mol. The standard InChI is InChI=1S/C27H29N3O/c1-16-7-6-8-19(11-16)30-22-13-27(4,5)14-23(31)25(22)24(21(15-28)26(30)29)20-12-17(2)9-10-18(20)3/h6-12,24H,13-14,29H2,1-5H3. The highest BCUT2D eigenvalue weighted by Crippen LogP contribution is 2.50. The zero-order valence-corrected chi connectivity index (χ0v) is 18.9. The predicted octanol–water partition coefficient (Wildman–Crippen LogP) is 5.55. The van der Waals surface area contributed by atoms with Gasteiger partial charge in [-0.1, -0.05) is 49.7 Å². The Morgan fingerprint density at radius 3 is 2.45 bits per heavy atom. The molecule has 0 fully saturated rings. The molecule has 0 spiro atoms. The number of hydrogen-bond donors (Lipinski definition) is 1. The molecule has 1 heterocycles. The van der Waals surface area contributed by atoms with Crippen LogP contribution in [-0.4, -0.2) is 5.78 Å². The molecule has 2 N–H and O–H groups in total. The van der Waals surface area contributed by atoms with Crippen molar-refractivity contribution >= 4 is 11.5 Å². The van der Waals surface area contributed by atoms with Crippen molar-refractivity contribution in [3.8, 4) is 6.07 Å². The van der Waals surface area contributed by atoms with E-state index in [9.17, 15) is 10.1 Å².